The fourth-order valence-electron chi connectivity index (χ4n) is 2.03. The molecule has 1 aromatic carbocycles. The van der Waals surface area contributed by atoms with Gasteiger partial charge in [-0.05, 0) is 37.1 Å². The quantitative estimate of drug-likeness (QED) is 0.863. The highest BCUT2D eigenvalue weighted by molar-refractivity contribution is 5.43. The lowest BCUT2D eigenvalue weighted by Gasteiger charge is -2.28. The zero-order valence-electron chi connectivity index (χ0n) is 12.3. The van der Waals surface area contributed by atoms with Crippen molar-refractivity contribution in [1.29, 1.82) is 0 Å². The molecule has 0 aliphatic carbocycles. The summed E-state index contributed by atoms with van der Waals surface area (Å²) >= 11 is 0. The van der Waals surface area contributed by atoms with E-state index in [1.807, 2.05) is 19.2 Å². The zero-order chi connectivity index (χ0) is 14.0. The van der Waals surface area contributed by atoms with Gasteiger partial charge in [0.05, 0.1) is 7.11 Å². The molecule has 1 aromatic rings. The Morgan fingerprint density at radius 1 is 1.22 bits per heavy atom. The molecule has 102 valence electrons. The van der Waals surface area contributed by atoms with Crippen molar-refractivity contribution in [1.82, 2.24) is 5.32 Å². The largest absolute Gasteiger partial charge is 0.496 e. The molecule has 0 heterocycles. The van der Waals surface area contributed by atoms with Crippen LogP contribution < -0.4 is 10.1 Å². The van der Waals surface area contributed by atoms with Gasteiger partial charge in [-0.1, -0.05) is 26.8 Å². The van der Waals surface area contributed by atoms with Crippen LogP contribution in [-0.4, -0.2) is 25.8 Å². The summed E-state index contributed by atoms with van der Waals surface area (Å²) in [5.74, 6) is 0.725. The van der Waals surface area contributed by atoms with Crippen molar-refractivity contribution < 1.29 is 9.84 Å². The number of methoxy groups -OCH3 is 1. The van der Waals surface area contributed by atoms with E-state index in [0.717, 1.165) is 11.3 Å². The molecule has 0 saturated heterocycles. The Morgan fingerprint density at radius 3 is 2.28 bits per heavy atom. The molecule has 1 unspecified atom stereocenters. The first-order chi connectivity index (χ1) is 8.22. The standard InChI is InChI=1S/C15H25NO2/c1-14(2,3)11-7-8-13(18-6)12(9-11)15(4,17)10-16-5/h7-9,16-17H,10H2,1-6H3. The molecule has 0 spiro atoms. The van der Waals surface area contributed by atoms with Gasteiger partial charge >= 0.3 is 0 Å². The van der Waals surface area contributed by atoms with E-state index >= 15 is 0 Å². The van der Waals surface area contributed by atoms with E-state index in [1.54, 1.807) is 14.0 Å². The molecule has 0 aliphatic heterocycles. The molecule has 18 heavy (non-hydrogen) atoms. The third-order valence-electron chi connectivity index (χ3n) is 3.17. The van der Waals surface area contributed by atoms with Crippen LogP contribution in [0.25, 0.3) is 0 Å². The fourth-order valence-corrected chi connectivity index (χ4v) is 2.03. The van der Waals surface area contributed by atoms with E-state index in [2.05, 4.69) is 32.2 Å². The molecule has 3 heteroatoms. The first-order valence-corrected chi connectivity index (χ1v) is 6.28. The molecule has 1 rings (SSSR count). The molecule has 0 aromatic heterocycles. The number of benzene rings is 1. The first kappa shape index (κ1) is 15.0. The minimum absolute atomic E-state index is 0.0523. The highest BCUT2D eigenvalue weighted by atomic mass is 16.5. The van der Waals surface area contributed by atoms with Crippen LogP contribution in [0.4, 0.5) is 0 Å². The summed E-state index contributed by atoms with van der Waals surface area (Å²) in [6, 6.07) is 6.02. The van der Waals surface area contributed by atoms with Crippen LogP contribution in [0.15, 0.2) is 18.2 Å². The van der Waals surface area contributed by atoms with E-state index in [-0.39, 0.29) is 5.41 Å². The highest BCUT2D eigenvalue weighted by Gasteiger charge is 2.28. The number of likely N-dealkylation sites (N-methyl/N-ethyl adjacent to an activating group) is 1. The molecule has 0 aliphatic rings. The van der Waals surface area contributed by atoms with E-state index in [1.165, 1.54) is 5.56 Å². The summed E-state index contributed by atoms with van der Waals surface area (Å²) in [5.41, 5.74) is 1.12. The van der Waals surface area contributed by atoms with Crippen molar-refractivity contribution in [2.75, 3.05) is 20.7 Å². The third kappa shape index (κ3) is 3.24. The average Bonchev–Trinajstić information content (AvgIpc) is 2.27. The Bertz CT molecular complexity index is 405. The van der Waals surface area contributed by atoms with E-state index in [0.29, 0.717) is 6.54 Å². The summed E-state index contributed by atoms with van der Waals surface area (Å²) in [4.78, 5) is 0. The topological polar surface area (TPSA) is 41.5 Å². The van der Waals surface area contributed by atoms with E-state index in [9.17, 15) is 5.11 Å². The zero-order valence-corrected chi connectivity index (χ0v) is 12.3. The molecule has 0 fully saturated rings. The normalized spacial score (nSPS) is 15.3. The summed E-state index contributed by atoms with van der Waals surface area (Å²) < 4.78 is 5.36. The summed E-state index contributed by atoms with van der Waals surface area (Å²) in [5, 5.41) is 13.6. The predicted octanol–water partition coefficient (Wildman–Crippen LogP) is 2.42. The Labute approximate surface area is 110 Å². The summed E-state index contributed by atoms with van der Waals surface area (Å²) in [7, 11) is 3.46. The SMILES string of the molecule is CNCC(C)(O)c1cc(C(C)(C)C)ccc1OC. The number of hydrogen-bond donors (Lipinski definition) is 2. The monoisotopic (exact) mass is 251 g/mol. The van der Waals surface area contributed by atoms with Crippen LogP contribution in [0.3, 0.4) is 0 Å². The van der Waals surface area contributed by atoms with Gasteiger partial charge in [0.1, 0.15) is 11.4 Å². The van der Waals surface area contributed by atoms with Crippen LogP contribution in [0.2, 0.25) is 0 Å². The van der Waals surface area contributed by atoms with Crippen LogP contribution >= 0.6 is 0 Å². The third-order valence-corrected chi connectivity index (χ3v) is 3.17. The fraction of sp³-hybridized carbons (Fsp3) is 0.600. The molecule has 3 nitrogen and oxygen atoms in total. The van der Waals surface area contributed by atoms with Gasteiger partial charge in [0.2, 0.25) is 0 Å². The Morgan fingerprint density at radius 2 is 1.83 bits per heavy atom. The second kappa shape index (κ2) is 5.29. The maximum Gasteiger partial charge on any atom is 0.125 e. The Kier molecular flexibility index (Phi) is 4.41. The Hall–Kier alpha value is -1.06. The lowest BCUT2D eigenvalue weighted by molar-refractivity contribution is 0.0564. The summed E-state index contributed by atoms with van der Waals surface area (Å²) in [6.07, 6.45) is 0. The van der Waals surface area contributed by atoms with Crippen molar-refractivity contribution in [3.05, 3.63) is 29.3 Å². The number of nitrogens with one attached hydrogen (secondary N) is 1. The Balaban J connectivity index is 3.31. The van der Waals surface area contributed by atoms with Gasteiger partial charge in [-0.3, -0.25) is 0 Å². The minimum Gasteiger partial charge on any atom is -0.496 e. The number of ether oxygens (including phenoxy) is 1. The van der Waals surface area contributed by atoms with Gasteiger partial charge in [-0.15, -0.1) is 0 Å². The first-order valence-electron chi connectivity index (χ1n) is 6.28. The van der Waals surface area contributed by atoms with Crippen molar-refractivity contribution >= 4 is 0 Å². The van der Waals surface area contributed by atoms with Crippen molar-refractivity contribution in [3.8, 4) is 5.75 Å². The maximum absolute atomic E-state index is 10.5. The van der Waals surface area contributed by atoms with Gasteiger partial charge in [0.15, 0.2) is 0 Å². The van der Waals surface area contributed by atoms with Gasteiger partial charge in [0, 0.05) is 12.1 Å². The lowest BCUT2D eigenvalue weighted by Crippen LogP contribution is -2.34. The van der Waals surface area contributed by atoms with Gasteiger partial charge < -0.3 is 15.2 Å². The smallest absolute Gasteiger partial charge is 0.125 e. The predicted molar refractivity (Wildman–Crippen MR) is 75.2 cm³/mol. The molecule has 0 bridgehead atoms. The molecule has 0 amide bonds. The number of aliphatic hydroxyl groups is 1. The van der Waals surface area contributed by atoms with Crippen molar-refractivity contribution in [3.63, 3.8) is 0 Å². The second-order valence-electron chi connectivity index (χ2n) is 5.97. The number of hydrogen-bond acceptors (Lipinski definition) is 3. The summed E-state index contributed by atoms with van der Waals surface area (Å²) in [6.45, 7) is 8.76. The van der Waals surface area contributed by atoms with E-state index < -0.39 is 5.60 Å². The average molecular weight is 251 g/mol. The van der Waals surface area contributed by atoms with Gasteiger partial charge in [-0.25, -0.2) is 0 Å². The molecular weight excluding hydrogens is 226 g/mol. The van der Waals surface area contributed by atoms with Gasteiger partial charge in [0.25, 0.3) is 0 Å². The molecule has 0 saturated carbocycles. The van der Waals surface area contributed by atoms with Crippen LogP contribution in [0, 0.1) is 0 Å². The molecule has 2 N–H and O–H groups in total. The van der Waals surface area contributed by atoms with Crippen LogP contribution in [-0.2, 0) is 11.0 Å². The van der Waals surface area contributed by atoms with Crippen molar-refractivity contribution in [2.24, 2.45) is 0 Å². The van der Waals surface area contributed by atoms with Crippen LogP contribution in [0.1, 0.15) is 38.8 Å². The maximum atomic E-state index is 10.5. The van der Waals surface area contributed by atoms with Crippen molar-refractivity contribution in [2.45, 2.75) is 38.7 Å². The molecular formula is C15H25NO2. The molecule has 1 atom stereocenters. The van der Waals surface area contributed by atoms with Gasteiger partial charge in [-0.2, -0.15) is 0 Å². The van der Waals surface area contributed by atoms with Crippen LogP contribution in [0.5, 0.6) is 5.75 Å². The number of rotatable bonds is 4. The molecule has 0 radical (unpaired) electrons. The highest BCUT2D eigenvalue weighted by Crippen LogP contribution is 2.34. The second-order valence-corrected chi connectivity index (χ2v) is 5.97. The minimum atomic E-state index is -0.943. The van der Waals surface area contributed by atoms with E-state index in [4.69, 9.17) is 4.74 Å². The lowest BCUT2D eigenvalue weighted by atomic mass is 9.83.